The Bertz CT molecular complexity index is 2880. The van der Waals surface area contributed by atoms with Gasteiger partial charge in [-0.1, -0.05) is 6.07 Å². The number of carboxylic acid groups (broad SMARTS) is 2. The highest BCUT2D eigenvalue weighted by Gasteiger charge is 2.30. The predicted molar refractivity (Wildman–Crippen MR) is 208 cm³/mol. The average molecular weight is 908 g/mol. The molecule has 0 aliphatic heterocycles. The number of fused-ring (bicyclic) bond motifs is 1. The maximum atomic E-state index is 13.3. The number of anilines is 3. The van der Waals surface area contributed by atoms with E-state index in [2.05, 4.69) is 48.7 Å². The number of carboxylic acids is 2. The third kappa shape index (κ3) is 10.6. The normalized spacial score (nSPS) is 12.2. The Hall–Kier alpha value is -6.54. The highest BCUT2D eigenvalue weighted by Crippen LogP contribution is 2.47. The molecule has 5 aromatic rings. The second kappa shape index (κ2) is 18.4. The SMILES string of the molecule is CN(C)Cc1ccc(S(=O)(=O)ON)c(N=Nc2c(S(=O)(=O)ON)cc3c(S(=O)(=O)ON)ccc(Nc4nc(NCCC(=O)O)nc(Oc5ccc(C(=O)O)cc5)n4)c3c2O)c1. The molecule has 0 spiro atoms. The van der Waals surface area contributed by atoms with Crippen LogP contribution in [0.2, 0.25) is 0 Å². The van der Waals surface area contributed by atoms with Gasteiger partial charge < -0.3 is 35.6 Å². The number of benzene rings is 4. The van der Waals surface area contributed by atoms with Gasteiger partial charge in [0.1, 0.15) is 31.8 Å². The van der Waals surface area contributed by atoms with Crippen LogP contribution in [-0.4, -0.2) is 93.0 Å². The Labute approximate surface area is 344 Å². The lowest BCUT2D eigenvalue weighted by atomic mass is 10.1. The van der Waals surface area contributed by atoms with Gasteiger partial charge in [-0.2, -0.15) is 70.7 Å². The largest absolute Gasteiger partial charge is 0.505 e. The van der Waals surface area contributed by atoms with Crippen LogP contribution in [0.25, 0.3) is 10.8 Å². The van der Waals surface area contributed by atoms with E-state index in [9.17, 15) is 45.1 Å². The first-order valence-corrected chi connectivity index (χ1v) is 20.8. The number of nitrogens with one attached hydrogen (secondary N) is 2. The molecule has 0 fully saturated rings. The number of ether oxygens (including phenoxy) is 1. The second-order valence-corrected chi connectivity index (χ2v) is 17.0. The summed E-state index contributed by atoms with van der Waals surface area (Å²) in [4.78, 5) is 34.1. The number of aromatic hydroxyl groups is 1. The average Bonchev–Trinajstić information content (AvgIpc) is 3.20. The van der Waals surface area contributed by atoms with Gasteiger partial charge in [-0.3, -0.25) is 4.79 Å². The van der Waals surface area contributed by atoms with Gasteiger partial charge in [0.15, 0.2) is 5.75 Å². The zero-order chi connectivity index (χ0) is 44.9. The summed E-state index contributed by atoms with van der Waals surface area (Å²) in [6.45, 7) is 0.0511. The van der Waals surface area contributed by atoms with Crippen LogP contribution in [0.5, 0.6) is 17.5 Å². The molecule has 0 bridgehead atoms. The van der Waals surface area contributed by atoms with Gasteiger partial charge in [0.25, 0.3) is 0 Å². The van der Waals surface area contributed by atoms with Gasteiger partial charge in [0.05, 0.1) is 23.1 Å². The van der Waals surface area contributed by atoms with Gasteiger partial charge in [-0.15, -0.1) is 10.2 Å². The Morgan fingerprint density at radius 3 is 1.98 bits per heavy atom. The van der Waals surface area contributed by atoms with Crippen molar-refractivity contribution in [3.8, 4) is 17.5 Å². The molecule has 1 aromatic heterocycles. The zero-order valence-electron chi connectivity index (χ0n) is 31.3. The number of phenolic OH excluding ortho intramolecular Hbond substituents is 1. The third-order valence-corrected chi connectivity index (χ3v) is 11.3. The molecule has 0 aliphatic carbocycles. The van der Waals surface area contributed by atoms with E-state index in [4.69, 9.17) is 27.5 Å². The monoisotopic (exact) mass is 907 g/mol. The fraction of sp³-hybridized carbons (Fsp3) is 0.156. The summed E-state index contributed by atoms with van der Waals surface area (Å²) in [5.41, 5.74) is -1.30. The van der Waals surface area contributed by atoms with Crippen molar-refractivity contribution in [2.75, 3.05) is 31.3 Å². The third-order valence-electron chi connectivity index (χ3n) is 7.94. The number of carbonyl (C=O) groups is 2. The molecule has 0 atom stereocenters. The number of hydrogen-bond acceptors (Lipinski definition) is 24. The van der Waals surface area contributed by atoms with E-state index in [0.717, 1.165) is 18.2 Å². The summed E-state index contributed by atoms with van der Waals surface area (Å²) in [6, 6.07) is 10.9. The number of azo groups is 1. The van der Waals surface area contributed by atoms with Crippen LogP contribution in [0.1, 0.15) is 22.3 Å². The number of rotatable bonds is 19. The topological polar surface area (TPSA) is 403 Å². The van der Waals surface area contributed by atoms with Crippen LogP contribution in [-0.2, 0) is 54.5 Å². The molecule has 11 N–H and O–H groups in total. The van der Waals surface area contributed by atoms with Crippen LogP contribution in [0.4, 0.5) is 29.0 Å². The van der Waals surface area contributed by atoms with Crippen molar-refractivity contribution in [1.82, 2.24) is 19.9 Å². The van der Waals surface area contributed by atoms with Gasteiger partial charge in [0, 0.05) is 18.5 Å². The number of aliphatic carboxylic acids is 1. The van der Waals surface area contributed by atoms with Crippen molar-refractivity contribution in [3.63, 3.8) is 0 Å². The Balaban J connectivity index is 1.77. The van der Waals surface area contributed by atoms with E-state index >= 15 is 0 Å². The minimum atomic E-state index is -5.14. The quantitative estimate of drug-likeness (QED) is 0.0434. The van der Waals surface area contributed by atoms with E-state index in [1.54, 1.807) is 19.0 Å². The van der Waals surface area contributed by atoms with Gasteiger partial charge in [-0.25, -0.2) is 4.79 Å². The highest BCUT2D eigenvalue weighted by molar-refractivity contribution is 7.87. The predicted octanol–water partition coefficient (Wildman–Crippen LogP) is 2.07. The maximum Gasteiger partial charge on any atom is 0.335 e. The van der Waals surface area contributed by atoms with Gasteiger partial charge in [-0.05, 0) is 74.3 Å². The minimum Gasteiger partial charge on any atom is -0.505 e. The maximum absolute atomic E-state index is 13.3. The second-order valence-electron chi connectivity index (χ2n) is 12.4. The first-order chi connectivity index (χ1) is 28.7. The zero-order valence-corrected chi connectivity index (χ0v) is 33.7. The van der Waals surface area contributed by atoms with Crippen molar-refractivity contribution in [2.24, 2.45) is 27.9 Å². The molecule has 5 rings (SSSR count). The first-order valence-electron chi connectivity index (χ1n) is 16.6. The summed E-state index contributed by atoms with van der Waals surface area (Å²) in [5.74, 6) is 11.0. The fourth-order valence-corrected chi connectivity index (χ4v) is 7.53. The smallest absolute Gasteiger partial charge is 0.335 e. The molecule has 0 aliphatic rings. The molecular formula is C32H33N11O15S3. The van der Waals surface area contributed by atoms with E-state index < -0.39 is 96.8 Å². The fourth-order valence-electron chi connectivity index (χ4n) is 5.33. The number of nitrogens with zero attached hydrogens (tertiary/aromatic N) is 6. The van der Waals surface area contributed by atoms with Crippen LogP contribution >= 0.6 is 0 Å². The van der Waals surface area contributed by atoms with Crippen molar-refractivity contribution in [1.29, 1.82) is 0 Å². The van der Waals surface area contributed by atoms with Crippen molar-refractivity contribution in [3.05, 3.63) is 71.8 Å². The molecule has 0 radical (unpaired) electrons. The highest BCUT2D eigenvalue weighted by atomic mass is 32.2. The van der Waals surface area contributed by atoms with Crippen LogP contribution in [0.15, 0.2) is 85.6 Å². The molecule has 29 heteroatoms. The number of aromatic nitrogens is 3. The molecule has 1 heterocycles. The lowest BCUT2D eigenvalue weighted by molar-refractivity contribution is -0.136. The summed E-state index contributed by atoms with van der Waals surface area (Å²) in [7, 11) is -11.3. The molecule has 0 unspecified atom stereocenters. The van der Waals surface area contributed by atoms with E-state index in [-0.39, 0.29) is 42.5 Å². The van der Waals surface area contributed by atoms with Crippen molar-refractivity contribution < 1.29 is 67.8 Å². The molecule has 4 aromatic carbocycles. The minimum absolute atomic E-state index is 0.0465. The van der Waals surface area contributed by atoms with Gasteiger partial charge >= 0.3 is 48.3 Å². The molecule has 61 heavy (non-hydrogen) atoms. The Morgan fingerprint density at radius 2 is 1.38 bits per heavy atom. The van der Waals surface area contributed by atoms with E-state index in [0.29, 0.717) is 11.6 Å². The molecule has 0 saturated heterocycles. The summed E-state index contributed by atoms with van der Waals surface area (Å²) >= 11 is 0. The number of hydrogen-bond donors (Lipinski definition) is 8. The van der Waals surface area contributed by atoms with E-state index in [1.807, 2.05) is 0 Å². The first kappa shape index (κ1) is 45.5. The summed E-state index contributed by atoms with van der Waals surface area (Å²) in [6.07, 6.45) is -0.388. The molecule has 26 nitrogen and oxygen atoms in total. The van der Waals surface area contributed by atoms with Crippen LogP contribution < -0.4 is 33.1 Å². The van der Waals surface area contributed by atoms with Crippen molar-refractivity contribution >= 4 is 82.0 Å². The lowest BCUT2D eigenvalue weighted by Gasteiger charge is -2.17. The van der Waals surface area contributed by atoms with Gasteiger partial charge in [0.2, 0.25) is 11.9 Å². The summed E-state index contributed by atoms with van der Waals surface area (Å²) < 4.78 is 96.3. The number of aromatic carboxylic acids is 1. The lowest BCUT2D eigenvalue weighted by Crippen LogP contribution is -2.14. The Morgan fingerprint density at radius 1 is 0.770 bits per heavy atom. The molecule has 324 valence electrons. The standard InChI is InChI=1S/C32H33N11O15S3/c1-43(2)15-16-3-9-23(60(51,52)57-34)21(13-16)41-42-27-24(61(53,54)58-35)14-19-22(59(49,50)56-33)10-8-20(26(19)28(27)46)37-31-38-30(36-12-11-25(44)45)39-32(40-31)55-18-6-4-17(5-7-18)29(47)48/h3-10,13-14,46H,11-12,15,33-35H2,1-2H3,(H,44,45)(H,47,48)(H2,36,37,38,39,40). The van der Waals surface area contributed by atoms with Crippen molar-refractivity contribution in [2.45, 2.75) is 27.7 Å². The number of nitrogens with two attached hydrogens (primary N) is 3. The van der Waals surface area contributed by atoms with E-state index in [1.165, 1.54) is 36.4 Å². The van der Waals surface area contributed by atoms with Crippen LogP contribution in [0, 0.1) is 0 Å². The molecule has 0 saturated carbocycles. The van der Waals surface area contributed by atoms with Crippen LogP contribution in [0.3, 0.4) is 0 Å². The summed E-state index contributed by atoms with van der Waals surface area (Å²) in [5, 5.41) is 42.3. The Kier molecular flexibility index (Phi) is 13.7. The molecule has 0 amide bonds. The number of phenols is 1. The molecular weight excluding hydrogens is 875 g/mol.